The number of nitrogens with zero attached hydrogens (tertiary/aromatic N) is 3. The molecule has 0 bridgehead atoms. The number of benzene rings is 1. The Morgan fingerprint density at radius 1 is 1.24 bits per heavy atom. The number of hydrogen-bond acceptors (Lipinski definition) is 7. The molecule has 0 radical (unpaired) electrons. The van der Waals surface area contributed by atoms with E-state index in [9.17, 15) is 9.59 Å². The number of amides is 1. The van der Waals surface area contributed by atoms with Crippen molar-refractivity contribution >= 4 is 65.9 Å². The molecule has 4 aromatic rings. The van der Waals surface area contributed by atoms with E-state index in [1.165, 1.54) is 34.4 Å². The minimum Gasteiger partial charge on any atom is -0.309 e. The molecule has 0 fully saturated rings. The maximum Gasteiger partial charge on any atom is 0.259 e. The third-order valence-electron chi connectivity index (χ3n) is 4.81. The molecule has 0 saturated heterocycles. The Hall–Kier alpha value is -2.23. The molecule has 0 aliphatic rings. The molecule has 1 N–H and O–H groups in total. The zero-order valence-electron chi connectivity index (χ0n) is 16.5. The summed E-state index contributed by atoms with van der Waals surface area (Å²) in [6, 6.07) is 7.84. The summed E-state index contributed by atoms with van der Waals surface area (Å²) >= 11 is 4.48. The molecule has 0 aliphatic heterocycles. The van der Waals surface area contributed by atoms with Crippen LogP contribution >= 0.6 is 34.4 Å². The number of carbonyl (C=O) groups excluding carboxylic acids is 1. The van der Waals surface area contributed by atoms with Gasteiger partial charge in [-0.15, -0.1) is 23.1 Å². The number of thiophene rings is 1. The molecule has 150 valence electrons. The lowest BCUT2D eigenvalue weighted by atomic mass is 10.2. The van der Waals surface area contributed by atoms with Crippen molar-refractivity contribution in [3.63, 3.8) is 0 Å². The van der Waals surface area contributed by atoms with E-state index in [1.807, 2.05) is 45.0 Å². The van der Waals surface area contributed by atoms with E-state index in [0.29, 0.717) is 22.1 Å². The third kappa shape index (κ3) is 3.82. The molecule has 1 amide bonds. The van der Waals surface area contributed by atoms with Crippen LogP contribution in [0.25, 0.3) is 20.4 Å². The first kappa shape index (κ1) is 20.1. The van der Waals surface area contributed by atoms with Crippen LogP contribution in [0.1, 0.15) is 23.2 Å². The maximum atomic E-state index is 12.9. The highest BCUT2D eigenvalue weighted by atomic mass is 32.2. The predicted octanol–water partition coefficient (Wildman–Crippen LogP) is 4.50. The molecule has 0 aliphatic carbocycles. The molecule has 0 unspecified atom stereocenters. The Kier molecular flexibility index (Phi) is 5.46. The van der Waals surface area contributed by atoms with E-state index in [1.54, 1.807) is 11.9 Å². The van der Waals surface area contributed by atoms with Crippen molar-refractivity contribution < 1.29 is 4.79 Å². The Morgan fingerprint density at radius 2 is 2.00 bits per heavy atom. The van der Waals surface area contributed by atoms with Crippen LogP contribution < -0.4 is 10.5 Å². The molecule has 3 heterocycles. The van der Waals surface area contributed by atoms with Crippen LogP contribution in [0.2, 0.25) is 0 Å². The largest absolute Gasteiger partial charge is 0.309 e. The van der Waals surface area contributed by atoms with E-state index in [0.717, 1.165) is 25.5 Å². The smallest absolute Gasteiger partial charge is 0.259 e. The lowest BCUT2D eigenvalue weighted by molar-refractivity contribution is -0.117. The van der Waals surface area contributed by atoms with Crippen molar-refractivity contribution in [3.05, 3.63) is 50.9 Å². The van der Waals surface area contributed by atoms with Crippen LogP contribution in [-0.2, 0) is 10.5 Å². The van der Waals surface area contributed by atoms with Crippen molar-refractivity contribution in [3.8, 4) is 0 Å². The first-order chi connectivity index (χ1) is 13.8. The SMILES string of the molecule is Cc1sc2nc(CS[C@H](C)C(=O)N(C)c3nc4ccccc4s3)[nH]c(=O)c2c1C. The first-order valence-corrected chi connectivity index (χ1v) is 11.8. The number of aryl methyl sites for hydroxylation is 2. The van der Waals surface area contributed by atoms with Gasteiger partial charge in [-0.25, -0.2) is 9.97 Å². The van der Waals surface area contributed by atoms with Crippen LogP contribution in [0.5, 0.6) is 0 Å². The van der Waals surface area contributed by atoms with Crippen molar-refractivity contribution in [2.45, 2.75) is 31.8 Å². The number of thiazole rings is 1. The molecular formula is C20H20N4O2S3. The van der Waals surface area contributed by atoms with Gasteiger partial charge in [0.1, 0.15) is 10.7 Å². The number of para-hydroxylation sites is 1. The molecule has 0 spiro atoms. The van der Waals surface area contributed by atoms with Gasteiger partial charge in [0.2, 0.25) is 5.91 Å². The zero-order chi connectivity index (χ0) is 20.7. The van der Waals surface area contributed by atoms with E-state index in [4.69, 9.17) is 0 Å². The van der Waals surface area contributed by atoms with Gasteiger partial charge in [0, 0.05) is 11.9 Å². The molecule has 1 aromatic carbocycles. The second-order valence-corrected chi connectivity index (χ2v) is 10.3. The molecule has 29 heavy (non-hydrogen) atoms. The number of H-pyrrole nitrogens is 1. The number of anilines is 1. The number of fused-ring (bicyclic) bond motifs is 2. The van der Waals surface area contributed by atoms with Gasteiger partial charge in [0.05, 0.1) is 26.6 Å². The molecule has 9 heteroatoms. The summed E-state index contributed by atoms with van der Waals surface area (Å²) in [7, 11) is 1.75. The predicted molar refractivity (Wildman–Crippen MR) is 124 cm³/mol. The third-order valence-corrected chi connectivity index (χ3v) is 8.16. The van der Waals surface area contributed by atoms with Gasteiger partial charge >= 0.3 is 0 Å². The lowest BCUT2D eigenvalue weighted by Gasteiger charge is -2.18. The number of hydrogen-bond donors (Lipinski definition) is 1. The lowest BCUT2D eigenvalue weighted by Crippen LogP contribution is -2.33. The van der Waals surface area contributed by atoms with Crippen molar-refractivity contribution in [1.29, 1.82) is 0 Å². The van der Waals surface area contributed by atoms with Crippen LogP contribution in [0.15, 0.2) is 29.1 Å². The molecule has 1 atom stereocenters. The summed E-state index contributed by atoms with van der Waals surface area (Å²) in [5.74, 6) is 1.03. The number of carbonyl (C=O) groups is 1. The normalized spacial score (nSPS) is 12.6. The van der Waals surface area contributed by atoms with Gasteiger partial charge in [-0.2, -0.15) is 0 Å². The van der Waals surface area contributed by atoms with Crippen LogP contribution in [-0.4, -0.2) is 33.2 Å². The fourth-order valence-electron chi connectivity index (χ4n) is 3.01. The fourth-order valence-corrected chi connectivity index (χ4v) is 5.84. The Balaban J connectivity index is 1.47. The minimum atomic E-state index is -0.292. The number of thioether (sulfide) groups is 1. The van der Waals surface area contributed by atoms with E-state index in [-0.39, 0.29) is 16.7 Å². The van der Waals surface area contributed by atoms with E-state index >= 15 is 0 Å². The average molecular weight is 445 g/mol. The molecule has 4 rings (SSSR count). The van der Waals surface area contributed by atoms with Gasteiger partial charge in [0.15, 0.2) is 5.13 Å². The average Bonchev–Trinajstić information content (AvgIpc) is 3.26. The van der Waals surface area contributed by atoms with E-state index < -0.39 is 0 Å². The zero-order valence-corrected chi connectivity index (χ0v) is 18.9. The van der Waals surface area contributed by atoms with E-state index in [2.05, 4.69) is 15.0 Å². The highest BCUT2D eigenvalue weighted by Crippen LogP contribution is 2.30. The van der Waals surface area contributed by atoms with Gasteiger partial charge in [-0.3, -0.25) is 14.5 Å². The number of rotatable bonds is 5. The fraction of sp³-hybridized carbons (Fsp3) is 0.300. The highest BCUT2D eigenvalue weighted by Gasteiger charge is 2.22. The Bertz CT molecular complexity index is 1240. The molecule has 6 nitrogen and oxygen atoms in total. The summed E-state index contributed by atoms with van der Waals surface area (Å²) in [6.45, 7) is 5.80. The summed E-state index contributed by atoms with van der Waals surface area (Å²) < 4.78 is 1.05. The van der Waals surface area contributed by atoms with Crippen molar-refractivity contribution in [2.24, 2.45) is 0 Å². The summed E-state index contributed by atoms with van der Waals surface area (Å²) in [5, 5.41) is 1.06. The monoisotopic (exact) mass is 444 g/mol. The van der Waals surface area contributed by atoms with Gasteiger partial charge in [-0.1, -0.05) is 23.5 Å². The van der Waals surface area contributed by atoms with Crippen molar-refractivity contribution in [1.82, 2.24) is 15.0 Å². The van der Waals surface area contributed by atoms with Crippen LogP contribution in [0.4, 0.5) is 5.13 Å². The van der Waals surface area contributed by atoms with Crippen LogP contribution in [0, 0.1) is 13.8 Å². The number of aromatic nitrogens is 3. The molecule has 3 aromatic heterocycles. The highest BCUT2D eigenvalue weighted by molar-refractivity contribution is 7.99. The Morgan fingerprint density at radius 3 is 2.76 bits per heavy atom. The van der Waals surface area contributed by atoms with Gasteiger partial charge in [0.25, 0.3) is 5.56 Å². The summed E-state index contributed by atoms with van der Waals surface area (Å²) in [4.78, 5) is 40.7. The number of nitrogens with one attached hydrogen (secondary N) is 1. The first-order valence-electron chi connectivity index (χ1n) is 9.08. The minimum absolute atomic E-state index is 0.0275. The van der Waals surface area contributed by atoms with Crippen LogP contribution in [0.3, 0.4) is 0 Å². The summed E-state index contributed by atoms with van der Waals surface area (Å²) in [6.07, 6.45) is 0. The second-order valence-electron chi connectivity index (χ2n) is 6.79. The Labute approximate surface area is 180 Å². The molecule has 0 saturated carbocycles. The maximum absolute atomic E-state index is 12.9. The quantitative estimate of drug-likeness (QED) is 0.490. The van der Waals surface area contributed by atoms with Gasteiger partial charge in [-0.05, 0) is 38.5 Å². The topological polar surface area (TPSA) is 79.0 Å². The van der Waals surface area contributed by atoms with Gasteiger partial charge < -0.3 is 4.98 Å². The number of aromatic amines is 1. The second kappa shape index (κ2) is 7.89. The standard InChI is InChI=1S/C20H20N4O2S3/c1-10-11(2)28-18-16(10)17(25)22-15(23-18)9-27-12(3)19(26)24(4)20-21-13-7-5-6-8-14(13)29-20/h5-8,12H,9H2,1-4H3,(H,22,23,25)/t12-/m1/s1. The summed E-state index contributed by atoms with van der Waals surface area (Å²) in [5.41, 5.74) is 1.76. The molecular weight excluding hydrogens is 424 g/mol. The van der Waals surface area contributed by atoms with Crippen molar-refractivity contribution in [2.75, 3.05) is 11.9 Å².